The number of carbonyl (C=O) groups excluding carboxylic acids is 1. The van der Waals surface area contributed by atoms with Crippen molar-refractivity contribution in [3.8, 4) is 17.2 Å². The number of benzene rings is 2. The number of aromatic nitrogens is 4. The maximum absolute atomic E-state index is 12.4. The summed E-state index contributed by atoms with van der Waals surface area (Å²) in [6, 6.07) is 11.0. The minimum Gasteiger partial charge on any atom is -0.508 e. The monoisotopic (exact) mass is 425 g/mol. The summed E-state index contributed by atoms with van der Waals surface area (Å²) in [7, 11) is 0. The number of carbonyl (C=O) groups is 1. The molecule has 1 atom stereocenters. The molecule has 0 saturated heterocycles. The highest BCUT2D eigenvalue weighted by atomic mass is 32.2. The van der Waals surface area contributed by atoms with Crippen LogP contribution in [0.1, 0.15) is 6.92 Å². The molecule has 0 aliphatic rings. The summed E-state index contributed by atoms with van der Waals surface area (Å²) < 4.78 is 41.8. The number of tetrazole rings is 1. The number of aromatic hydroxyl groups is 1. The fourth-order valence-corrected chi connectivity index (χ4v) is 3.01. The van der Waals surface area contributed by atoms with Crippen molar-refractivity contribution in [2.45, 2.75) is 23.7 Å². The van der Waals surface area contributed by atoms with E-state index in [-0.39, 0.29) is 17.4 Å². The number of thioether (sulfide) groups is 1. The van der Waals surface area contributed by atoms with E-state index < -0.39 is 11.6 Å². The number of nitrogens with zero attached hydrogens (tertiary/aromatic N) is 4. The molecule has 0 fully saturated rings. The molecule has 2 N–H and O–H groups in total. The van der Waals surface area contributed by atoms with E-state index in [1.54, 1.807) is 19.1 Å². The highest BCUT2D eigenvalue weighted by Gasteiger charge is 2.31. The maximum atomic E-state index is 12.4. The Balaban J connectivity index is 1.63. The lowest BCUT2D eigenvalue weighted by Crippen LogP contribution is -2.23. The van der Waals surface area contributed by atoms with Gasteiger partial charge in [0.2, 0.25) is 11.1 Å². The molecule has 0 aliphatic heterocycles. The number of halogens is 3. The highest BCUT2D eigenvalue weighted by molar-refractivity contribution is 8.00. The molecule has 29 heavy (non-hydrogen) atoms. The van der Waals surface area contributed by atoms with Crippen molar-refractivity contribution >= 4 is 23.4 Å². The zero-order valence-corrected chi connectivity index (χ0v) is 15.6. The second-order valence-electron chi connectivity index (χ2n) is 5.71. The van der Waals surface area contributed by atoms with Gasteiger partial charge in [-0.2, -0.15) is 4.68 Å². The first-order valence-corrected chi connectivity index (χ1v) is 9.00. The minimum atomic E-state index is -4.78. The molecule has 0 radical (unpaired) electrons. The Morgan fingerprint density at radius 1 is 1.17 bits per heavy atom. The molecule has 3 aromatic rings. The van der Waals surface area contributed by atoms with Gasteiger partial charge in [-0.1, -0.05) is 11.8 Å². The van der Waals surface area contributed by atoms with E-state index in [4.69, 9.17) is 0 Å². The number of phenolic OH excluding ortho intramolecular Hbond substituents is 1. The summed E-state index contributed by atoms with van der Waals surface area (Å²) in [5.74, 6) is -0.679. The lowest BCUT2D eigenvalue weighted by molar-refractivity contribution is -0.274. The molecule has 0 unspecified atom stereocenters. The number of anilines is 1. The molecule has 3 rings (SSSR count). The van der Waals surface area contributed by atoms with Gasteiger partial charge in [-0.05, 0) is 65.9 Å². The zero-order valence-electron chi connectivity index (χ0n) is 14.8. The second kappa shape index (κ2) is 8.39. The van der Waals surface area contributed by atoms with Crippen molar-refractivity contribution in [3.63, 3.8) is 0 Å². The fourth-order valence-electron chi connectivity index (χ4n) is 2.20. The zero-order chi connectivity index (χ0) is 21.0. The van der Waals surface area contributed by atoms with Crippen LogP contribution in [0, 0.1) is 0 Å². The van der Waals surface area contributed by atoms with Crippen LogP contribution in [0.25, 0.3) is 5.69 Å². The molecular weight excluding hydrogens is 411 g/mol. The molecule has 152 valence electrons. The van der Waals surface area contributed by atoms with Crippen molar-refractivity contribution in [1.29, 1.82) is 0 Å². The van der Waals surface area contributed by atoms with Crippen LogP contribution in [-0.4, -0.2) is 42.8 Å². The molecule has 1 heterocycles. The van der Waals surface area contributed by atoms with Crippen LogP contribution < -0.4 is 10.1 Å². The smallest absolute Gasteiger partial charge is 0.508 e. The molecule has 1 amide bonds. The normalized spacial score (nSPS) is 12.4. The van der Waals surface area contributed by atoms with Gasteiger partial charge in [0.1, 0.15) is 11.5 Å². The van der Waals surface area contributed by atoms with E-state index in [1.807, 2.05) is 0 Å². The summed E-state index contributed by atoms with van der Waals surface area (Å²) in [5.41, 5.74) is 0.915. The number of hydrogen-bond acceptors (Lipinski definition) is 7. The average molecular weight is 425 g/mol. The van der Waals surface area contributed by atoms with Crippen LogP contribution in [0.2, 0.25) is 0 Å². The number of alkyl halides is 3. The number of nitrogens with one attached hydrogen (secondary N) is 1. The predicted molar refractivity (Wildman–Crippen MR) is 97.9 cm³/mol. The van der Waals surface area contributed by atoms with E-state index in [0.717, 1.165) is 23.9 Å². The number of ether oxygens (including phenoxy) is 1. The topological polar surface area (TPSA) is 102 Å². The standard InChI is InChI=1S/C17H14F3N5O3S/c1-10(15(27)21-11-2-8-14(9-3-11)28-17(18,19)20)29-16-22-23-24-25(16)12-4-6-13(26)7-5-12/h2-10,26H,1H3,(H,21,27)/t10-/m1/s1. The largest absolute Gasteiger partial charge is 0.573 e. The highest BCUT2D eigenvalue weighted by Crippen LogP contribution is 2.26. The summed E-state index contributed by atoms with van der Waals surface area (Å²) in [6.45, 7) is 1.64. The molecule has 1 aromatic heterocycles. The molecule has 0 bridgehead atoms. The molecule has 0 spiro atoms. The van der Waals surface area contributed by atoms with Gasteiger partial charge in [-0.25, -0.2) is 0 Å². The SMILES string of the molecule is C[C@@H](Sc1nnnn1-c1ccc(O)cc1)C(=O)Nc1ccc(OC(F)(F)F)cc1. The van der Waals surface area contributed by atoms with Crippen molar-refractivity contribution in [3.05, 3.63) is 48.5 Å². The Hall–Kier alpha value is -3.28. The lowest BCUT2D eigenvalue weighted by atomic mass is 10.3. The van der Waals surface area contributed by atoms with Gasteiger partial charge in [0.05, 0.1) is 10.9 Å². The third kappa shape index (κ3) is 5.60. The summed E-state index contributed by atoms with van der Waals surface area (Å²) in [4.78, 5) is 12.4. The van der Waals surface area contributed by atoms with Crippen molar-refractivity contribution in [2.24, 2.45) is 0 Å². The Kier molecular flexibility index (Phi) is 5.92. The van der Waals surface area contributed by atoms with Crippen molar-refractivity contribution < 1.29 is 27.8 Å². The van der Waals surface area contributed by atoms with Crippen LogP contribution in [-0.2, 0) is 4.79 Å². The third-order valence-electron chi connectivity index (χ3n) is 3.54. The number of amides is 1. The molecular formula is C17H14F3N5O3S. The molecule has 12 heteroatoms. The molecule has 0 aliphatic carbocycles. The number of phenols is 1. The van der Waals surface area contributed by atoms with E-state index in [9.17, 15) is 23.1 Å². The summed E-state index contributed by atoms with van der Waals surface area (Å²) in [5, 5.41) is 23.1. The van der Waals surface area contributed by atoms with Gasteiger partial charge in [-0.15, -0.1) is 18.3 Å². The van der Waals surface area contributed by atoms with Gasteiger partial charge < -0.3 is 15.2 Å². The van der Waals surface area contributed by atoms with Crippen molar-refractivity contribution in [1.82, 2.24) is 20.2 Å². The van der Waals surface area contributed by atoms with Gasteiger partial charge in [-0.3, -0.25) is 4.79 Å². The summed E-state index contributed by atoms with van der Waals surface area (Å²) >= 11 is 1.09. The van der Waals surface area contributed by atoms with Gasteiger partial charge in [0.25, 0.3) is 0 Å². The van der Waals surface area contributed by atoms with Gasteiger partial charge >= 0.3 is 6.36 Å². The number of hydrogen-bond donors (Lipinski definition) is 2. The predicted octanol–water partition coefficient (Wildman–Crippen LogP) is 3.39. The Labute approximate surface area is 166 Å². The minimum absolute atomic E-state index is 0.0930. The van der Waals surface area contributed by atoms with E-state index in [0.29, 0.717) is 16.5 Å². The van der Waals surface area contributed by atoms with Crippen LogP contribution in [0.15, 0.2) is 53.7 Å². The van der Waals surface area contributed by atoms with E-state index >= 15 is 0 Å². The van der Waals surface area contributed by atoms with Crippen LogP contribution >= 0.6 is 11.8 Å². The first kappa shape index (κ1) is 20.5. The van der Waals surface area contributed by atoms with Gasteiger partial charge in [0, 0.05) is 5.69 Å². The molecule has 8 nitrogen and oxygen atoms in total. The van der Waals surface area contributed by atoms with Crippen LogP contribution in [0.3, 0.4) is 0 Å². The second-order valence-corrected chi connectivity index (χ2v) is 7.02. The van der Waals surface area contributed by atoms with Crippen LogP contribution in [0.5, 0.6) is 11.5 Å². The Morgan fingerprint density at radius 3 is 2.45 bits per heavy atom. The molecule has 0 saturated carbocycles. The first-order valence-electron chi connectivity index (χ1n) is 8.12. The van der Waals surface area contributed by atoms with Gasteiger partial charge in [0.15, 0.2) is 0 Å². The van der Waals surface area contributed by atoms with Crippen molar-refractivity contribution in [2.75, 3.05) is 5.32 Å². The van der Waals surface area contributed by atoms with E-state index in [2.05, 4.69) is 25.6 Å². The lowest BCUT2D eigenvalue weighted by Gasteiger charge is -2.13. The Bertz CT molecular complexity index is 977. The van der Waals surface area contributed by atoms with E-state index in [1.165, 1.54) is 28.9 Å². The maximum Gasteiger partial charge on any atom is 0.573 e. The third-order valence-corrected chi connectivity index (χ3v) is 4.58. The average Bonchev–Trinajstić information content (AvgIpc) is 3.11. The van der Waals surface area contributed by atoms with Crippen LogP contribution in [0.4, 0.5) is 18.9 Å². The summed E-state index contributed by atoms with van der Waals surface area (Å²) in [6.07, 6.45) is -4.78. The quantitative estimate of drug-likeness (QED) is 0.584. The molecule has 2 aromatic carbocycles. The Morgan fingerprint density at radius 2 is 1.83 bits per heavy atom. The fraction of sp³-hybridized carbons (Fsp3) is 0.176. The number of rotatable bonds is 6. The first-order chi connectivity index (χ1) is 13.7.